The molecule has 0 aromatic heterocycles. The molecule has 0 fully saturated rings. The molecule has 21 heavy (non-hydrogen) atoms. The zero-order valence-corrected chi connectivity index (χ0v) is 12.9. The molecule has 0 spiro atoms. The quantitative estimate of drug-likeness (QED) is 0.550. The van der Waals surface area contributed by atoms with Crippen LogP contribution in [0, 0.1) is 16.0 Å². The fourth-order valence-corrected chi connectivity index (χ4v) is 3.03. The van der Waals surface area contributed by atoms with Crippen molar-refractivity contribution in [3.63, 3.8) is 0 Å². The highest BCUT2D eigenvalue weighted by molar-refractivity contribution is 7.89. The standard InChI is InChI=1S/C12H19N3O5S/c1-9(8-20-3)7-14-21(18,19)12-5-4-10(13-2)6-11(12)15(16)17/h4-6,9,13-14H,7-8H2,1-3H3. The first-order valence-electron chi connectivity index (χ1n) is 6.26. The number of nitro benzene ring substituents is 1. The van der Waals surface area contributed by atoms with Crippen molar-refractivity contribution in [1.29, 1.82) is 0 Å². The summed E-state index contributed by atoms with van der Waals surface area (Å²) in [4.78, 5) is 9.98. The highest BCUT2D eigenvalue weighted by Gasteiger charge is 2.26. The maximum Gasteiger partial charge on any atom is 0.291 e. The van der Waals surface area contributed by atoms with Gasteiger partial charge in [0.1, 0.15) is 0 Å². The minimum atomic E-state index is -3.95. The second-order valence-corrected chi connectivity index (χ2v) is 6.34. The van der Waals surface area contributed by atoms with Crippen molar-refractivity contribution < 1.29 is 18.1 Å². The van der Waals surface area contributed by atoms with E-state index in [1.54, 1.807) is 7.05 Å². The van der Waals surface area contributed by atoms with Crippen molar-refractivity contribution in [2.24, 2.45) is 5.92 Å². The number of hydrogen-bond acceptors (Lipinski definition) is 6. The third-order valence-corrected chi connectivity index (χ3v) is 4.28. The Labute approximate surface area is 123 Å². The molecule has 1 unspecified atom stereocenters. The van der Waals surface area contributed by atoms with Crippen LogP contribution < -0.4 is 10.0 Å². The lowest BCUT2D eigenvalue weighted by molar-refractivity contribution is -0.387. The van der Waals surface area contributed by atoms with Gasteiger partial charge in [0.2, 0.25) is 10.0 Å². The Balaban J connectivity index is 3.05. The average Bonchev–Trinajstić information content (AvgIpc) is 2.45. The van der Waals surface area contributed by atoms with E-state index >= 15 is 0 Å². The number of benzene rings is 1. The fraction of sp³-hybridized carbons (Fsp3) is 0.500. The smallest absolute Gasteiger partial charge is 0.291 e. The van der Waals surface area contributed by atoms with Crippen molar-refractivity contribution in [3.05, 3.63) is 28.3 Å². The van der Waals surface area contributed by atoms with E-state index < -0.39 is 20.6 Å². The van der Waals surface area contributed by atoms with E-state index in [1.807, 2.05) is 6.92 Å². The number of nitrogens with zero attached hydrogens (tertiary/aromatic N) is 1. The van der Waals surface area contributed by atoms with Gasteiger partial charge in [-0.3, -0.25) is 10.1 Å². The molecule has 1 aromatic rings. The summed E-state index contributed by atoms with van der Waals surface area (Å²) < 4.78 is 31.7. The average molecular weight is 317 g/mol. The molecular weight excluding hydrogens is 298 g/mol. The molecule has 9 heteroatoms. The lowest BCUT2D eigenvalue weighted by Crippen LogP contribution is -2.30. The zero-order valence-electron chi connectivity index (χ0n) is 12.1. The third-order valence-electron chi connectivity index (χ3n) is 2.81. The van der Waals surface area contributed by atoms with Gasteiger partial charge >= 0.3 is 0 Å². The molecule has 8 nitrogen and oxygen atoms in total. The lowest BCUT2D eigenvalue weighted by atomic mass is 10.2. The minimum Gasteiger partial charge on any atom is -0.388 e. The molecule has 1 atom stereocenters. The second-order valence-electron chi connectivity index (χ2n) is 4.60. The monoisotopic (exact) mass is 317 g/mol. The lowest BCUT2D eigenvalue weighted by Gasteiger charge is -2.12. The largest absolute Gasteiger partial charge is 0.388 e. The number of methoxy groups -OCH3 is 1. The van der Waals surface area contributed by atoms with Crippen LogP contribution in [-0.2, 0) is 14.8 Å². The van der Waals surface area contributed by atoms with Gasteiger partial charge in [-0.1, -0.05) is 6.92 Å². The zero-order chi connectivity index (χ0) is 16.0. The van der Waals surface area contributed by atoms with Crippen LogP contribution in [0.2, 0.25) is 0 Å². The fourth-order valence-electron chi connectivity index (χ4n) is 1.72. The van der Waals surface area contributed by atoms with E-state index in [0.29, 0.717) is 12.3 Å². The van der Waals surface area contributed by atoms with Gasteiger partial charge in [-0.25, -0.2) is 13.1 Å². The van der Waals surface area contributed by atoms with Crippen LogP contribution >= 0.6 is 0 Å². The Morgan fingerprint density at radius 1 is 1.43 bits per heavy atom. The van der Waals surface area contributed by atoms with Crippen molar-refractivity contribution >= 4 is 21.4 Å². The van der Waals surface area contributed by atoms with Crippen molar-refractivity contribution in [3.8, 4) is 0 Å². The van der Waals surface area contributed by atoms with Crippen LogP contribution in [0.3, 0.4) is 0 Å². The van der Waals surface area contributed by atoms with Crippen LogP contribution in [0.15, 0.2) is 23.1 Å². The molecule has 0 aliphatic heterocycles. The predicted octanol–water partition coefficient (Wildman–Crippen LogP) is 1.20. The van der Waals surface area contributed by atoms with E-state index in [0.717, 1.165) is 0 Å². The van der Waals surface area contributed by atoms with E-state index in [2.05, 4.69) is 10.0 Å². The molecule has 1 aromatic carbocycles. The number of sulfonamides is 1. The van der Waals surface area contributed by atoms with Gasteiger partial charge in [0, 0.05) is 39.1 Å². The first-order valence-corrected chi connectivity index (χ1v) is 7.75. The second kappa shape index (κ2) is 7.34. The summed E-state index contributed by atoms with van der Waals surface area (Å²) in [5.74, 6) is -0.0413. The first-order chi connectivity index (χ1) is 9.81. The van der Waals surface area contributed by atoms with Crippen LogP contribution in [0.5, 0.6) is 0 Å². The molecule has 0 saturated heterocycles. The van der Waals surface area contributed by atoms with Crippen LogP contribution in [-0.4, -0.2) is 40.7 Å². The molecule has 0 amide bonds. The number of nitrogens with one attached hydrogen (secondary N) is 2. The molecule has 0 aliphatic carbocycles. The molecule has 0 bridgehead atoms. The summed E-state index contributed by atoms with van der Waals surface area (Å²) in [7, 11) is -0.834. The van der Waals surface area contributed by atoms with E-state index in [4.69, 9.17) is 4.74 Å². The van der Waals surface area contributed by atoms with E-state index in [-0.39, 0.29) is 17.4 Å². The molecule has 2 N–H and O–H groups in total. The highest BCUT2D eigenvalue weighted by Crippen LogP contribution is 2.26. The summed E-state index contributed by atoms with van der Waals surface area (Å²) in [6, 6.07) is 3.88. The summed E-state index contributed by atoms with van der Waals surface area (Å²) in [5, 5.41) is 13.8. The molecular formula is C12H19N3O5S. The summed E-state index contributed by atoms with van der Waals surface area (Å²) >= 11 is 0. The Bertz CT molecular complexity index is 603. The van der Waals surface area contributed by atoms with Crippen LogP contribution in [0.4, 0.5) is 11.4 Å². The molecule has 118 valence electrons. The van der Waals surface area contributed by atoms with Gasteiger partial charge in [0.15, 0.2) is 4.90 Å². The normalized spacial score (nSPS) is 12.9. The first kappa shape index (κ1) is 17.3. The molecule has 0 radical (unpaired) electrons. The summed E-state index contributed by atoms with van der Waals surface area (Å²) in [6.07, 6.45) is 0. The third kappa shape index (κ3) is 4.66. The Morgan fingerprint density at radius 2 is 2.10 bits per heavy atom. The van der Waals surface area contributed by atoms with Gasteiger partial charge < -0.3 is 10.1 Å². The predicted molar refractivity (Wildman–Crippen MR) is 78.9 cm³/mol. The van der Waals surface area contributed by atoms with Gasteiger partial charge in [-0.05, 0) is 18.1 Å². The molecule has 0 saturated carbocycles. The summed E-state index contributed by atoms with van der Waals surface area (Å²) in [6.45, 7) is 2.34. The SMILES string of the molecule is CNc1ccc(S(=O)(=O)NCC(C)COC)c([N+](=O)[O-])c1. The van der Waals surface area contributed by atoms with Crippen LogP contribution in [0.25, 0.3) is 0 Å². The van der Waals surface area contributed by atoms with Gasteiger partial charge in [-0.2, -0.15) is 0 Å². The number of ether oxygens (including phenoxy) is 1. The number of nitro groups is 1. The molecule has 1 rings (SSSR count). The van der Waals surface area contributed by atoms with E-state index in [9.17, 15) is 18.5 Å². The topological polar surface area (TPSA) is 111 Å². The minimum absolute atomic E-state index is 0.0413. The van der Waals surface area contributed by atoms with Crippen molar-refractivity contribution in [2.75, 3.05) is 32.6 Å². The summed E-state index contributed by atoms with van der Waals surface area (Å²) in [5.41, 5.74) is 0.00199. The number of anilines is 1. The maximum atomic E-state index is 12.2. The molecule has 0 aliphatic rings. The Morgan fingerprint density at radius 3 is 2.62 bits per heavy atom. The molecule has 0 heterocycles. The Kier molecular flexibility index (Phi) is 6.06. The van der Waals surface area contributed by atoms with E-state index in [1.165, 1.54) is 25.3 Å². The number of hydrogen-bond donors (Lipinski definition) is 2. The van der Waals surface area contributed by atoms with Crippen molar-refractivity contribution in [2.45, 2.75) is 11.8 Å². The van der Waals surface area contributed by atoms with Crippen molar-refractivity contribution in [1.82, 2.24) is 4.72 Å². The van der Waals surface area contributed by atoms with Gasteiger partial charge in [0.25, 0.3) is 5.69 Å². The Hall–Kier alpha value is -1.71. The highest BCUT2D eigenvalue weighted by atomic mass is 32.2. The maximum absolute atomic E-state index is 12.2. The van der Waals surface area contributed by atoms with Gasteiger partial charge in [-0.15, -0.1) is 0 Å². The van der Waals surface area contributed by atoms with Crippen LogP contribution in [0.1, 0.15) is 6.92 Å². The van der Waals surface area contributed by atoms with Gasteiger partial charge in [0.05, 0.1) is 4.92 Å². The number of rotatable bonds is 8.